The largest absolute Gasteiger partial charge is 0.394 e. The fraction of sp³-hybridized carbons (Fsp3) is 0.125. The van der Waals surface area contributed by atoms with Crippen LogP contribution in [0.15, 0.2) is 48.7 Å². The molecule has 1 amide bonds. The molecule has 0 fully saturated rings. The van der Waals surface area contributed by atoms with E-state index in [4.69, 9.17) is 10.8 Å². The van der Waals surface area contributed by atoms with Crippen LogP contribution in [0.4, 0.5) is 10.1 Å². The minimum Gasteiger partial charge on any atom is -0.394 e. The van der Waals surface area contributed by atoms with Gasteiger partial charge in [-0.3, -0.25) is 4.79 Å². The van der Waals surface area contributed by atoms with Crippen molar-refractivity contribution in [1.82, 2.24) is 9.78 Å². The average molecular weight is 314 g/mol. The molecule has 3 aromatic rings. The molecule has 0 spiro atoms. The number of amides is 1. The third kappa shape index (κ3) is 3.05. The number of nitrogens with two attached hydrogens (primary N) is 1. The first-order valence-electron chi connectivity index (χ1n) is 6.99. The maximum atomic E-state index is 13.0. The summed E-state index contributed by atoms with van der Waals surface area (Å²) in [6.07, 6.45) is 1.68. The Morgan fingerprint density at radius 1 is 1.30 bits per heavy atom. The lowest BCUT2D eigenvalue weighted by molar-refractivity contribution is -0.118. The van der Waals surface area contributed by atoms with Gasteiger partial charge in [0.15, 0.2) is 0 Å². The number of halogens is 1. The number of rotatable bonds is 4. The molecule has 2 aromatic carbocycles. The van der Waals surface area contributed by atoms with E-state index in [9.17, 15) is 9.18 Å². The van der Waals surface area contributed by atoms with E-state index in [1.54, 1.807) is 35.1 Å². The molecule has 0 aliphatic heterocycles. The molecule has 6 nitrogen and oxygen atoms in total. The predicted molar refractivity (Wildman–Crippen MR) is 84.7 cm³/mol. The standard InChI is InChI=1S/C16H15FN4O2/c17-11-2-5-13(6-3-11)21-15-7-12(4-1-10(15)8-19-21)20-16(23)14(18)9-22/h1-8,14,22H,9,18H2,(H,20,23)/t14-/m0/s1. The van der Waals surface area contributed by atoms with E-state index in [1.807, 2.05) is 6.07 Å². The molecule has 118 valence electrons. The molecular weight excluding hydrogens is 299 g/mol. The molecule has 0 radical (unpaired) electrons. The summed E-state index contributed by atoms with van der Waals surface area (Å²) in [5.41, 5.74) is 7.48. The minimum absolute atomic E-state index is 0.323. The smallest absolute Gasteiger partial charge is 0.243 e. The number of aromatic nitrogens is 2. The third-order valence-corrected chi connectivity index (χ3v) is 3.44. The number of nitrogens with zero attached hydrogens (tertiary/aromatic N) is 2. The summed E-state index contributed by atoms with van der Waals surface area (Å²) in [6, 6.07) is 10.2. The molecular formula is C16H15FN4O2. The van der Waals surface area contributed by atoms with Gasteiger partial charge in [0.2, 0.25) is 5.91 Å². The van der Waals surface area contributed by atoms with Crippen LogP contribution in [-0.2, 0) is 4.79 Å². The van der Waals surface area contributed by atoms with Gasteiger partial charge in [-0.1, -0.05) is 0 Å². The van der Waals surface area contributed by atoms with E-state index in [2.05, 4.69) is 10.4 Å². The van der Waals surface area contributed by atoms with Crippen molar-refractivity contribution >= 4 is 22.5 Å². The fourth-order valence-corrected chi connectivity index (χ4v) is 2.20. The number of fused-ring (bicyclic) bond motifs is 1. The van der Waals surface area contributed by atoms with Gasteiger partial charge in [-0.25, -0.2) is 9.07 Å². The van der Waals surface area contributed by atoms with Crippen molar-refractivity contribution in [2.45, 2.75) is 6.04 Å². The highest BCUT2D eigenvalue weighted by atomic mass is 19.1. The van der Waals surface area contributed by atoms with Gasteiger partial charge in [0, 0.05) is 11.1 Å². The molecule has 0 saturated heterocycles. The number of aliphatic hydroxyl groups excluding tert-OH is 1. The van der Waals surface area contributed by atoms with Crippen LogP contribution >= 0.6 is 0 Å². The Kier molecular flexibility index (Phi) is 4.05. The van der Waals surface area contributed by atoms with Gasteiger partial charge in [-0.2, -0.15) is 5.10 Å². The molecule has 1 heterocycles. The van der Waals surface area contributed by atoms with E-state index in [0.717, 1.165) is 10.9 Å². The number of carbonyl (C=O) groups is 1. The van der Waals surface area contributed by atoms with Gasteiger partial charge >= 0.3 is 0 Å². The Bertz CT molecular complexity index is 845. The van der Waals surface area contributed by atoms with Crippen molar-refractivity contribution in [2.24, 2.45) is 5.73 Å². The van der Waals surface area contributed by atoms with Crippen LogP contribution < -0.4 is 11.1 Å². The van der Waals surface area contributed by atoms with E-state index >= 15 is 0 Å². The van der Waals surface area contributed by atoms with E-state index in [0.29, 0.717) is 11.4 Å². The number of benzene rings is 2. The number of anilines is 1. The molecule has 0 saturated carbocycles. The maximum absolute atomic E-state index is 13.0. The second-order valence-corrected chi connectivity index (χ2v) is 5.08. The van der Waals surface area contributed by atoms with E-state index in [-0.39, 0.29) is 5.82 Å². The zero-order valence-electron chi connectivity index (χ0n) is 12.1. The second-order valence-electron chi connectivity index (χ2n) is 5.08. The highest BCUT2D eigenvalue weighted by Gasteiger charge is 2.13. The highest BCUT2D eigenvalue weighted by molar-refractivity contribution is 5.96. The molecule has 0 aliphatic carbocycles. The first-order chi connectivity index (χ1) is 11.1. The summed E-state index contributed by atoms with van der Waals surface area (Å²) >= 11 is 0. The van der Waals surface area contributed by atoms with E-state index in [1.165, 1.54) is 12.1 Å². The Morgan fingerprint density at radius 3 is 2.74 bits per heavy atom. The summed E-state index contributed by atoms with van der Waals surface area (Å²) in [5.74, 6) is -0.796. The average Bonchev–Trinajstić information content (AvgIpc) is 2.98. The molecule has 3 rings (SSSR count). The van der Waals surface area contributed by atoms with E-state index < -0.39 is 18.6 Å². The number of nitrogens with one attached hydrogen (secondary N) is 1. The molecule has 1 atom stereocenters. The van der Waals surface area contributed by atoms with Crippen molar-refractivity contribution in [3.8, 4) is 5.69 Å². The van der Waals surface area contributed by atoms with Crippen molar-refractivity contribution in [1.29, 1.82) is 0 Å². The molecule has 1 aromatic heterocycles. The van der Waals surface area contributed by atoms with Crippen molar-refractivity contribution in [3.05, 3.63) is 54.5 Å². The van der Waals surface area contributed by atoms with Crippen molar-refractivity contribution in [2.75, 3.05) is 11.9 Å². The summed E-state index contributed by atoms with van der Waals surface area (Å²) in [5, 5.41) is 16.7. The van der Waals surface area contributed by atoms with Crippen LogP contribution in [0.25, 0.3) is 16.6 Å². The van der Waals surface area contributed by atoms with Crippen LogP contribution in [0.5, 0.6) is 0 Å². The first-order valence-corrected chi connectivity index (χ1v) is 6.99. The minimum atomic E-state index is -0.979. The van der Waals surface area contributed by atoms with Crippen LogP contribution in [0, 0.1) is 5.82 Å². The van der Waals surface area contributed by atoms with Crippen molar-refractivity contribution < 1.29 is 14.3 Å². The molecule has 23 heavy (non-hydrogen) atoms. The van der Waals surface area contributed by atoms with Gasteiger partial charge in [0.05, 0.1) is 24.0 Å². The number of hydrogen-bond donors (Lipinski definition) is 3. The second kappa shape index (κ2) is 6.15. The van der Waals surface area contributed by atoms with Gasteiger partial charge in [-0.15, -0.1) is 0 Å². The lowest BCUT2D eigenvalue weighted by Crippen LogP contribution is -2.38. The number of carbonyl (C=O) groups excluding carboxylic acids is 1. The molecule has 0 bridgehead atoms. The SMILES string of the molecule is N[C@@H](CO)C(=O)Nc1ccc2cnn(-c3ccc(F)cc3)c2c1. The van der Waals surface area contributed by atoms with Crippen molar-refractivity contribution in [3.63, 3.8) is 0 Å². The van der Waals surface area contributed by atoms with Gasteiger partial charge in [0.1, 0.15) is 11.9 Å². The monoisotopic (exact) mass is 314 g/mol. The lowest BCUT2D eigenvalue weighted by atomic mass is 10.2. The number of hydrogen-bond acceptors (Lipinski definition) is 4. The third-order valence-electron chi connectivity index (χ3n) is 3.44. The summed E-state index contributed by atoms with van der Waals surface area (Å²) in [7, 11) is 0. The summed E-state index contributed by atoms with van der Waals surface area (Å²) < 4.78 is 14.7. The summed E-state index contributed by atoms with van der Waals surface area (Å²) in [4.78, 5) is 11.8. The fourth-order valence-electron chi connectivity index (χ4n) is 2.20. The topological polar surface area (TPSA) is 93.2 Å². The lowest BCUT2D eigenvalue weighted by Gasteiger charge is -2.10. The Labute approximate surface area is 131 Å². The van der Waals surface area contributed by atoms with Crippen LogP contribution in [0.2, 0.25) is 0 Å². The van der Waals surface area contributed by atoms with Crippen LogP contribution in [0.3, 0.4) is 0 Å². The summed E-state index contributed by atoms with van der Waals surface area (Å²) in [6.45, 7) is -0.429. The molecule has 0 unspecified atom stereocenters. The molecule has 0 aliphatic rings. The Balaban J connectivity index is 1.97. The first kappa shape index (κ1) is 15.1. The predicted octanol–water partition coefficient (Wildman–Crippen LogP) is 1.42. The van der Waals surface area contributed by atoms with Gasteiger partial charge in [-0.05, 0) is 42.5 Å². The number of aliphatic hydroxyl groups is 1. The normalized spacial score (nSPS) is 12.3. The highest BCUT2D eigenvalue weighted by Crippen LogP contribution is 2.22. The van der Waals surface area contributed by atoms with Gasteiger partial charge in [0.25, 0.3) is 0 Å². The molecule has 7 heteroatoms. The van der Waals surface area contributed by atoms with Crippen LogP contribution in [-0.4, -0.2) is 33.4 Å². The molecule has 4 N–H and O–H groups in total. The van der Waals surface area contributed by atoms with Gasteiger partial charge < -0.3 is 16.2 Å². The zero-order chi connectivity index (χ0) is 16.4. The van der Waals surface area contributed by atoms with Crippen LogP contribution in [0.1, 0.15) is 0 Å². The Hall–Kier alpha value is -2.77. The quantitative estimate of drug-likeness (QED) is 0.679. The maximum Gasteiger partial charge on any atom is 0.243 e. The zero-order valence-corrected chi connectivity index (χ0v) is 12.1. The Morgan fingerprint density at radius 2 is 2.04 bits per heavy atom.